The molecule has 4 aromatic rings. The van der Waals surface area contributed by atoms with E-state index in [9.17, 15) is 18.0 Å². The molecule has 36 heavy (non-hydrogen) atoms. The number of hydrogen-bond acceptors (Lipinski definition) is 7. The average Bonchev–Trinajstić information content (AvgIpc) is 3.29. The van der Waals surface area contributed by atoms with Gasteiger partial charge in [0.05, 0.1) is 28.8 Å². The Kier molecular flexibility index (Phi) is 5.82. The second kappa shape index (κ2) is 8.74. The number of carbonyl (C=O) groups is 1. The number of benzene rings is 1. The van der Waals surface area contributed by atoms with Crippen molar-refractivity contribution < 1.29 is 17.9 Å². The molecule has 0 spiro atoms. The third kappa shape index (κ3) is 4.23. The van der Waals surface area contributed by atoms with Crippen molar-refractivity contribution in [1.82, 2.24) is 23.4 Å². The van der Waals surface area contributed by atoms with Crippen LogP contribution in [0.5, 0.6) is 0 Å². The molecular formula is C25H27N5O5S. The molecule has 1 fully saturated rings. The van der Waals surface area contributed by atoms with E-state index < -0.39 is 21.7 Å². The van der Waals surface area contributed by atoms with Gasteiger partial charge in [-0.05, 0) is 51.8 Å². The summed E-state index contributed by atoms with van der Waals surface area (Å²) >= 11 is 0. The number of ether oxygens (including phenoxy) is 1. The fourth-order valence-corrected chi connectivity index (χ4v) is 5.93. The second-order valence-corrected chi connectivity index (χ2v) is 11.7. The Morgan fingerprint density at radius 2 is 1.83 bits per heavy atom. The van der Waals surface area contributed by atoms with Gasteiger partial charge in [0.15, 0.2) is 5.65 Å². The third-order valence-electron chi connectivity index (χ3n) is 6.14. The molecule has 5 rings (SSSR count). The molecule has 188 valence electrons. The molecule has 0 saturated carbocycles. The number of hydrogen-bond donors (Lipinski definition) is 0. The Morgan fingerprint density at radius 1 is 1.08 bits per heavy atom. The molecule has 0 bridgehead atoms. The molecule has 1 aliphatic heterocycles. The van der Waals surface area contributed by atoms with Crippen molar-refractivity contribution in [1.29, 1.82) is 0 Å². The lowest BCUT2D eigenvalue weighted by Crippen LogP contribution is -2.45. The molecule has 3 aromatic heterocycles. The summed E-state index contributed by atoms with van der Waals surface area (Å²) in [5.74, 6) is 0. The molecule has 0 N–H and O–H groups in total. The van der Waals surface area contributed by atoms with Crippen LogP contribution in [0.1, 0.15) is 39.7 Å². The number of fused-ring (bicyclic) bond motifs is 3. The van der Waals surface area contributed by atoms with Crippen LogP contribution in [-0.2, 0) is 14.8 Å². The zero-order valence-corrected chi connectivity index (χ0v) is 21.1. The highest BCUT2D eigenvalue weighted by Gasteiger charge is 2.30. The summed E-state index contributed by atoms with van der Waals surface area (Å²) in [6.07, 6.45) is 5.09. The van der Waals surface area contributed by atoms with E-state index in [-0.39, 0.29) is 22.1 Å². The summed E-state index contributed by atoms with van der Waals surface area (Å²) in [6, 6.07) is 9.40. The van der Waals surface area contributed by atoms with Crippen LogP contribution < -0.4 is 5.56 Å². The van der Waals surface area contributed by atoms with Gasteiger partial charge >= 0.3 is 6.09 Å². The standard InChI is InChI=1S/C25H27N5O5S/c1-25(2,3)35-24(32)28-12-7-8-17(16-28)30-21(31)15-26-20-14-27-23-19(22(20)30)11-13-29(23)36(33,34)18-9-5-4-6-10-18/h4-6,9-11,13-15,17H,7-8,12,16H2,1-3H3/t17-/m1/s1. The van der Waals surface area contributed by atoms with E-state index >= 15 is 0 Å². The predicted molar refractivity (Wildman–Crippen MR) is 134 cm³/mol. The molecule has 1 aromatic carbocycles. The Morgan fingerprint density at radius 3 is 2.56 bits per heavy atom. The van der Waals surface area contributed by atoms with Crippen molar-refractivity contribution >= 4 is 38.2 Å². The first-order valence-corrected chi connectivity index (χ1v) is 13.2. The minimum Gasteiger partial charge on any atom is -0.444 e. The molecule has 1 amide bonds. The highest BCUT2D eigenvalue weighted by atomic mass is 32.2. The quantitative estimate of drug-likeness (QED) is 0.415. The maximum Gasteiger partial charge on any atom is 0.410 e. The normalized spacial score (nSPS) is 17.0. The van der Waals surface area contributed by atoms with E-state index in [0.29, 0.717) is 42.4 Å². The van der Waals surface area contributed by atoms with E-state index in [1.165, 1.54) is 30.7 Å². The lowest BCUT2D eigenvalue weighted by molar-refractivity contribution is 0.0173. The Balaban J connectivity index is 1.62. The van der Waals surface area contributed by atoms with Crippen molar-refractivity contribution in [3.63, 3.8) is 0 Å². The van der Waals surface area contributed by atoms with Gasteiger partial charge in [0.2, 0.25) is 0 Å². The molecule has 0 radical (unpaired) electrons. The van der Waals surface area contributed by atoms with E-state index in [0.717, 1.165) is 3.97 Å². The van der Waals surface area contributed by atoms with Crippen molar-refractivity contribution in [2.75, 3.05) is 13.1 Å². The Labute approximate surface area is 208 Å². The maximum atomic E-state index is 13.3. The van der Waals surface area contributed by atoms with Crippen LogP contribution in [0.3, 0.4) is 0 Å². The molecular weight excluding hydrogens is 482 g/mol. The third-order valence-corrected chi connectivity index (χ3v) is 7.82. The molecule has 0 aliphatic carbocycles. The second-order valence-electron chi connectivity index (χ2n) is 9.85. The molecule has 1 aliphatic rings. The minimum atomic E-state index is -3.90. The number of aromatic nitrogens is 4. The molecule has 1 saturated heterocycles. The van der Waals surface area contributed by atoms with Gasteiger partial charge < -0.3 is 9.64 Å². The number of piperidine rings is 1. The van der Waals surface area contributed by atoms with Gasteiger partial charge in [-0.2, -0.15) is 0 Å². The molecule has 10 nitrogen and oxygen atoms in total. The van der Waals surface area contributed by atoms with Gasteiger partial charge in [0.1, 0.15) is 11.1 Å². The summed E-state index contributed by atoms with van der Waals surface area (Å²) in [6.45, 7) is 6.26. The highest BCUT2D eigenvalue weighted by Crippen LogP contribution is 2.30. The smallest absolute Gasteiger partial charge is 0.410 e. The summed E-state index contributed by atoms with van der Waals surface area (Å²) < 4.78 is 34.9. The summed E-state index contributed by atoms with van der Waals surface area (Å²) in [7, 11) is -3.90. The van der Waals surface area contributed by atoms with Crippen LogP contribution in [0.25, 0.3) is 22.1 Å². The monoisotopic (exact) mass is 509 g/mol. The molecule has 0 unspecified atom stereocenters. The number of rotatable bonds is 3. The van der Waals surface area contributed by atoms with Gasteiger partial charge in [-0.1, -0.05) is 18.2 Å². The van der Waals surface area contributed by atoms with E-state index in [1.807, 2.05) is 20.8 Å². The van der Waals surface area contributed by atoms with Crippen LogP contribution >= 0.6 is 0 Å². The zero-order chi connectivity index (χ0) is 25.7. The number of likely N-dealkylation sites (tertiary alicyclic amines) is 1. The van der Waals surface area contributed by atoms with E-state index in [4.69, 9.17) is 4.74 Å². The lowest BCUT2D eigenvalue weighted by atomic mass is 10.0. The fourth-order valence-electron chi connectivity index (χ4n) is 4.60. The highest BCUT2D eigenvalue weighted by molar-refractivity contribution is 7.90. The zero-order valence-electron chi connectivity index (χ0n) is 20.3. The number of carbonyl (C=O) groups excluding carboxylic acids is 1. The van der Waals surface area contributed by atoms with Crippen LogP contribution in [0, 0.1) is 0 Å². The average molecular weight is 510 g/mol. The maximum absolute atomic E-state index is 13.3. The van der Waals surface area contributed by atoms with Crippen LogP contribution in [0.2, 0.25) is 0 Å². The van der Waals surface area contributed by atoms with Crippen LogP contribution in [0.4, 0.5) is 4.79 Å². The van der Waals surface area contributed by atoms with Gasteiger partial charge in [-0.3, -0.25) is 9.36 Å². The van der Waals surface area contributed by atoms with Crippen molar-refractivity contribution in [2.45, 2.75) is 50.2 Å². The summed E-state index contributed by atoms with van der Waals surface area (Å²) in [5, 5.41) is 0.492. The predicted octanol–water partition coefficient (Wildman–Crippen LogP) is 3.56. The molecule has 4 heterocycles. The van der Waals surface area contributed by atoms with Crippen LogP contribution in [0.15, 0.2) is 64.7 Å². The number of nitrogens with zero attached hydrogens (tertiary/aromatic N) is 5. The largest absolute Gasteiger partial charge is 0.444 e. The SMILES string of the molecule is CC(C)(C)OC(=O)N1CCC[C@@H](n2c(=O)cnc3cnc4c(ccn4S(=O)(=O)c4ccccc4)c32)C1. The summed E-state index contributed by atoms with van der Waals surface area (Å²) in [5.41, 5.74) is 0.198. The number of pyridine rings is 1. The lowest BCUT2D eigenvalue weighted by Gasteiger charge is -2.35. The Bertz CT molecular complexity index is 1620. The fraction of sp³-hybridized carbons (Fsp3) is 0.360. The molecule has 1 atom stereocenters. The van der Waals surface area contributed by atoms with Crippen LogP contribution in [-0.4, -0.2) is 56.6 Å². The van der Waals surface area contributed by atoms with Crippen molar-refractivity contribution in [3.05, 3.63) is 65.3 Å². The molecule has 11 heteroatoms. The number of amides is 1. The van der Waals surface area contributed by atoms with Gasteiger partial charge in [0.25, 0.3) is 15.6 Å². The first-order chi connectivity index (χ1) is 17.1. The van der Waals surface area contributed by atoms with Crippen molar-refractivity contribution in [3.8, 4) is 0 Å². The van der Waals surface area contributed by atoms with E-state index in [2.05, 4.69) is 9.97 Å². The van der Waals surface area contributed by atoms with Gasteiger partial charge in [-0.15, -0.1) is 0 Å². The topological polar surface area (TPSA) is 116 Å². The van der Waals surface area contributed by atoms with Crippen molar-refractivity contribution in [2.24, 2.45) is 0 Å². The minimum absolute atomic E-state index is 0.133. The Hall–Kier alpha value is -3.73. The first-order valence-electron chi connectivity index (χ1n) is 11.7. The van der Waals surface area contributed by atoms with E-state index in [1.54, 1.807) is 33.7 Å². The first kappa shape index (κ1) is 24.0. The van der Waals surface area contributed by atoms with Gasteiger partial charge in [0, 0.05) is 24.7 Å². The van der Waals surface area contributed by atoms with Gasteiger partial charge in [-0.25, -0.2) is 27.2 Å². The summed E-state index contributed by atoms with van der Waals surface area (Å²) in [4.78, 5) is 36.2.